The first kappa shape index (κ1) is 15.3. The van der Waals surface area contributed by atoms with Gasteiger partial charge in [0.1, 0.15) is 0 Å². The third-order valence-electron chi connectivity index (χ3n) is 3.86. The Balaban J connectivity index is 1.61. The smallest absolute Gasteiger partial charge is 0.311 e. The molecule has 2 fully saturated rings. The van der Waals surface area contributed by atoms with E-state index in [0.29, 0.717) is 32.3 Å². The van der Waals surface area contributed by atoms with Gasteiger partial charge < -0.3 is 20.3 Å². The van der Waals surface area contributed by atoms with Crippen LogP contribution in [0.15, 0.2) is 0 Å². The summed E-state index contributed by atoms with van der Waals surface area (Å²) in [6.45, 7) is 3.81. The first-order chi connectivity index (χ1) is 9.77. The Bertz CT molecular complexity index is 322. The Kier molecular flexibility index (Phi) is 6.26. The van der Waals surface area contributed by atoms with E-state index in [2.05, 4.69) is 10.6 Å². The van der Waals surface area contributed by atoms with E-state index in [9.17, 15) is 9.59 Å². The molecule has 2 amide bonds. The predicted molar refractivity (Wildman–Crippen MR) is 75.3 cm³/mol. The molecular formula is C14H25N3O3. The number of hydrogen-bond acceptors (Lipinski definition) is 4. The molecular weight excluding hydrogens is 258 g/mol. The summed E-state index contributed by atoms with van der Waals surface area (Å²) in [7, 11) is 0. The van der Waals surface area contributed by atoms with E-state index in [1.807, 2.05) is 0 Å². The number of nitrogens with one attached hydrogen (secondary N) is 2. The van der Waals surface area contributed by atoms with E-state index in [1.165, 1.54) is 12.8 Å². The number of rotatable bonds is 4. The molecule has 114 valence electrons. The standard InChI is InChI=1S/C14H25N3O3/c18-13(14(19)17-9-3-6-15-7-10-17)16-8-11-20-12-4-1-2-5-12/h12,15H,1-11H2,(H,16,18). The lowest BCUT2D eigenvalue weighted by molar-refractivity contribution is -0.145. The van der Waals surface area contributed by atoms with Crippen molar-refractivity contribution in [2.45, 2.75) is 38.2 Å². The molecule has 2 aliphatic rings. The average molecular weight is 283 g/mol. The van der Waals surface area contributed by atoms with Crippen LogP contribution < -0.4 is 10.6 Å². The Morgan fingerprint density at radius 2 is 1.95 bits per heavy atom. The molecule has 1 saturated carbocycles. The van der Waals surface area contributed by atoms with Gasteiger partial charge in [-0.2, -0.15) is 0 Å². The fraction of sp³-hybridized carbons (Fsp3) is 0.857. The van der Waals surface area contributed by atoms with Crippen molar-refractivity contribution in [3.63, 3.8) is 0 Å². The predicted octanol–water partition coefficient (Wildman–Crippen LogP) is -0.116. The van der Waals surface area contributed by atoms with Gasteiger partial charge in [0.15, 0.2) is 0 Å². The summed E-state index contributed by atoms with van der Waals surface area (Å²) in [4.78, 5) is 25.3. The second kappa shape index (κ2) is 8.21. The molecule has 0 aromatic carbocycles. The molecule has 1 aliphatic carbocycles. The van der Waals surface area contributed by atoms with Gasteiger partial charge in [0.25, 0.3) is 0 Å². The molecule has 0 spiro atoms. The highest BCUT2D eigenvalue weighted by Gasteiger charge is 2.22. The van der Waals surface area contributed by atoms with E-state index in [0.717, 1.165) is 32.4 Å². The lowest BCUT2D eigenvalue weighted by Crippen LogP contribution is -2.45. The molecule has 0 radical (unpaired) electrons. The van der Waals surface area contributed by atoms with Crippen molar-refractivity contribution >= 4 is 11.8 Å². The fourth-order valence-corrected chi connectivity index (χ4v) is 2.71. The second-order valence-electron chi connectivity index (χ2n) is 5.43. The molecule has 20 heavy (non-hydrogen) atoms. The lowest BCUT2D eigenvalue weighted by atomic mass is 10.3. The topological polar surface area (TPSA) is 70.7 Å². The van der Waals surface area contributed by atoms with Crippen LogP contribution >= 0.6 is 0 Å². The summed E-state index contributed by atoms with van der Waals surface area (Å²) in [5.74, 6) is -0.934. The highest BCUT2D eigenvalue weighted by Crippen LogP contribution is 2.20. The van der Waals surface area contributed by atoms with Crippen molar-refractivity contribution in [3.05, 3.63) is 0 Å². The SMILES string of the molecule is O=C(NCCOC1CCCC1)C(=O)N1CCCNCC1. The zero-order chi connectivity index (χ0) is 14.2. The quantitative estimate of drug-likeness (QED) is 0.557. The molecule has 6 nitrogen and oxygen atoms in total. The number of ether oxygens (including phenoxy) is 1. The molecule has 0 atom stereocenters. The maximum atomic E-state index is 11.9. The van der Waals surface area contributed by atoms with Crippen LogP contribution in [-0.2, 0) is 14.3 Å². The molecule has 2 N–H and O–H groups in total. The van der Waals surface area contributed by atoms with E-state index in [-0.39, 0.29) is 0 Å². The molecule has 1 saturated heterocycles. The van der Waals surface area contributed by atoms with Gasteiger partial charge in [-0.1, -0.05) is 12.8 Å². The van der Waals surface area contributed by atoms with Crippen molar-refractivity contribution in [1.29, 1.82) is 0 Å². The van der Waals surface area contributed by atoms with Crippen LogP contribution in [0.4, 0.5) is 0 Å². The zero-order valence-electron chi connectivity index (χ0n) is 12.0. The molecule has 1 heterocycles. The van der Waals surface area contributed by atoms with Crippen LogP contribution in [-0.4, -0.2) is 62.1 Å². The normalized spacial score (nSPS) is 20.7. The van der Waals surface area contributed by atoms with Crippen LogP contribution in [0.3, 0.4) is 0 Å². The Hall–Kier alpha value is -1.14. The molecule has 0 bridgehead atoms. The van der Waals surface area contributed by atoms with E-state index >= 15 is 0 Å². The van der Waals surface area contributed by atoms with Crippen molar-refractivity contribution < 1.29 is 14.3 Å². The zero-order valence-corrected chi connectivity index (χ0v) is 12.0. The molecule has 0 aromatic heterocycles. The largest absolute Gasteiger partial charge is 0.376 e. The first-order valence-corrected chi connectivity index (χ1v) is 7.67. The van der Waals surface area contributed by atoms with Crippen molar-refractivity contribution in [3.8, 4) is 0 Å². The van der Waals surface area contributed by atoms with Gasteiger partial charge >= 0.3 is 11.8 Å². The second-order valence-corrected chi connectivity index (χ2v) is 5.43. The van der Waals surface area contributed by atoms with Crippen LogP contribution in [0.25, 0.3) is 0 Å². The minimum absolute atomic E-state index is 0.347. The molecule has 0 unspecified atom stereocenters. The summed E-state index contributed by atoms with van der Waals surface area (Å²) in [5, 5.41) is 5.86. The number of nitrogens with zero attached hydrogens (tertiary/aromatic N) is 1. The van der Waals surface area contributed by atoms with Crippen molar-refractivity contribution in [2.75, 3.05) is 39.3 Å². The molecule has 2 rings (SSSR count). The van der Waals surface area contributed by atoms with E-state index in [4.69, 9.17) is 4.74 Å². The fourth-order valence-electron chi connectivity index (χ4n) is 2.71. The summed E-state index contributed by atoms with van der Waals surface area (Å²) in [6.07, 6.45) is 5.95. The van der Waals surface area contributed by atoms with Gasteiger partial charge in [0.05, 0.1) is 12.7 Å². The van der Waals surface area contributed by atoms with Crippen LogP contribution in [0.2, 0.25) is 0 Å². The van der Waals surface area contributed by atoms with Gasteiger partial charge in [0.2, 0.25) is 0 Å². The maximum Gasteiger partial charge on any atom is 0.311 e. The van der Waals surface area contributed by atoms with Gasteiger partial charge in [-0.25, -0.2) is 0 Å². The third kappa shape index (κ3) is 4.76. The van der Waals surface area contributed by atoms with E-state index < -0.39 is 11.8 Å². The van der Waals surface area contributed by atoms with Crippen molar-refractivity contribution in [2.24, 2.45) is 0 Å². The number of amides is 2. The molecule has 0 aromatic rings. The lowest BCUT2D eigenvalue weighted by Gasteiger charge is -2.19. The van der Waals surface area contributed by atoms with Gasteiger partial charge in [-0.3, -0.25) is 9.59 Å². The molecule has 6 heteroatoms. The molecule has 1 aliphatic heterocycles. The summed E-state index contributed by atoms with van der Waals surface area (Å²) < 4.78 is 5.65. The first-order valence-electron chi connectivity index (χ1n) is 7.67. The number of hydrogen-bond donors (Lipinski definition) is 2. The Morgan fingerprint density at radius 3 is 2.75 bits per heavy atom. The summed E-state index contributed by atoms with van der Waals surface area (Å²) >= 11 is 0. The van der Waals surface area contributed by atoms with Crippen LogP contribution in [0, 0.1) is 0 Å². The minimum atomic E-state index is -0.512. The number of carbonyl (C=O) groups excluding carboxylic acids is 2. The van der Waals surface area contributed by atoms with Crippen LogP contribution in [0.1, 0.15) is 32.1 Å². The minimum Gasteiger partial charge on any atom is -0.376 e. The monoisotopic (exact) mass is 283 g/mol. The summed E-state index contributed by atoms with van der Waals surface area (Å²) in [6, 6.07) is 0. The average Bonchev–Trinajstić information content (AvgIpc) is 2.83. The van der Waals surface area contributed by atoms with Gasteiger partial charge in [0, 0.05) is 26.2 Å². The number of carbonyl (C=O) groups is 2. The highest BCUT2D eigenvalue weighted by molar-refractivity contribution is 6.35. The Morgan fingerprint density at radius 1 is 1.15 bits per heavy atom. The highest BCUT2D eigenvalue weighted by atomic mass is 16.5. The maximum absolute atomic E-state index is 11.9. The van der Waals surface area contributed by atoms with Crippen LogP contribution in [0.5, 0.6) is 0 Å². The van der Waals surface area contributed by atoms with Crippen molar-refractivity contribution in [1.82, 2.24) is 15.5 Å². The third-order valence-corrected chi connectivity index (χ3v) is 3.86. The van der Waals surface area contributed by atoms with Gasteiger partial charge in [-0.05, 0) is 25.8 Å². The Labute approximate surface area is 120 Å². The van der Waals surface area contributed by atoms with E-state index in [1.54, 1.807) is 4.90 Å². The van der Waals surface area contributed by atoms with Gasteiger partial charge in [-0.15, -0.1) is 0 Å². The summed E-state index contributed by atoms with van der Waals surface area (Å²) in [5.41, 5.74) is 0.